The van der Waals surface area contributed by atoms with Crippen LogP contribution in [0.25, 0.3) is 0 Å². The Hall–Kier alpha value is -0.830. The number of thiophene rings is 1. The van der Waals surface area contributed by atoms with Crippen LogP contribution in [0.5, 0.6) is 0 Å². The summed E-state index contributed by atoms with van der Waals surface area (Å²) in [5.74, 6) is -0.182. The van der Waals surface area contributed by atoms with E-state index in [-0.39, 0.29) is 5.97 Å². The third-order valence-corrected chi connectivity index (χ3v) is 1.86. The van der Waals surface area contributed by atoms with Crippen molar-refractivity contribution >= 4 is 17.3 Å². The molecule has 3 heteroatoms. The van der Waals surface area contributed by atoms with E-state index in [1.165, 1.54) is 6.92 Å². The smallest absolute Gasteiger partial charge is 0.302 e. The largest absolute Gasteiger partial charge is 0.466 e. The molecule has 1 aromatic rings. The Morgan fingerprint density at radius 2 is 2.00 bits per heavy atom. The normalized spacial score (nSPS) is 8.46. The van der Waals surface area contributed by atoms with Crippen LogP contribution in [0.1, 0.15) is 26.7 Å². The van der Waals surface area contributed by atoms with E-state index in [9.17, 15) is 4.79 Å². The molecular formula is C10H16O2S. The lowest BCUT2D eigenvalue weighted by Crippen LogP contribution is -1.99. The van der Waals surface area contributed by atoms with Crippen LogP contribution in [0.3, 0.4) is 0 Å². The van der Waals surface area contributed by atoms with E-state index in [0.717, 1.165) is 12.8 Å². The van der Waals surface area contributed by atoms with E-state index >= 15 is 0 Å². The van der Waals surface area contributed by atoms with Crippen LogP contribution >= 0.6 is 11.3 Å². The molecule has 74 valence electrons. The Bertz CT molecular complexity index is 177. The molecule has 0 radical (unpaired) electrons. The molecule has 0 atom stereocenters. The molecule has 0 N–H and O–H groups in total. The van der Waals surface area contributed by atoms with E-state index in [4.69, 9.17) is 0 Å². The minimum Gasteiger partial charge on any atom is -0.466 e. The first kappa shape index (κ1) is 12.2. The third kappa shape index (κ3) is 11.2. The van der Waals surface area contributed by atoms with Crippen molar-refractivity contribution in [3.63, 3.8) is 0 Å². The first-order chi connectivity index (χ1) is 6.27. The number of carbonyl (C=O) groups is 1. The molecule has 0 spiro atoms. The summed E-state index contributed by atoms with van der Waals surface area (Å²) in [6, 6.07) is 4.04. The molecule has 1 heterocycles. The maximum absolute atomic E-state index is 10.1. The third-order valence-electron chi connectivity index (χ3n) is 1.23. The summed E-state index contributed by atoms with van der Waals surface area (Å²) in [5.41, 5.74) is 0. The fourth-order valence-corrected chi connectivity index (χ4v) is 1.04. The average molecular weight is 200 g/mol. The van der Waals surface area contributed by atoms with Crippen LogP contribution in [-0.2, 0) is 9.53 Å². The maximum atomic E-state index is 10.1. The van der Waals surface area contributed by atoms with Crippen molar-refractivity contribution in [3.05, 3.63) is 22.9 Å². The second kappa shape index (κ2) is 9.26. The number of esters is 1. The molecule has 0 amide bonds. The van der Waals surface area contributed by atoms with Gasteiger partial charge in [0.05, 0.1) is 6.61 Å². The predicted octanol–water partition coefficient (Wildman–Crippen LogP) is 3.10. The van der Waals surface area contributed by atoms with Crippen LogP contribution < -0.4 is 0 Å². The molecule has 0 aliphatic heterocycles. The van der Waals surface area contributed by atoms with Gasteiger partial charge in [0.1, 0.15) is 0 Å². The summed E-state index contributed by atoms with van der Waals surface area (Å²) in [6.07, 6.45) is 2.05. The highest BCUT2D eigenvalue weighted by molar-refractivity contribution is 7.07. The van der Waals surface area contributed by atoms with Crippen molar-refractivity contribution in [1.82, 2.24) is 0 Å². The van der Waals surface area contributed by atoms with Gasteiger partial charge in [-0.25, -0.2) is 0 Å². The Balaban J connectivity index is 0.000000243. The van der Waals surface area contributed by atoms with E-state index in [1.807, 2.05) is 22.9 Å². The van der Waals surface area contributed by atoms with Gasteiger partial charge in [0.2, 0.25) is 0 Å². The summed E-state index contributed by atoms with van der Waals surface area (Å²) in [7, 11) is 0. The van der Waals surface area contributed by atoms with Gasteiger partial charge in [0.25, 0.3) is 0 Å². The fraction of sp³-hybridized carbons (Fsp3) is 0.500. The minimum atomic E-state index is -0.182. The number of carbonyl (C=O) groups excluding carboxylic acids is 1. The van der Waals surface area contributed by atoms with E-state index in [2.05, 4.69) is 11.7 Å². The van der Waals surface area contributed by atoms with Gasteiger partial charge in [0.15, 0.2) is 0 Å². The molecular weight excluding hydrogens is 184 g/mol. The van der Waals surface area contributed by atoms with Crippen molar-refractivity contribution in [2.45, 2.75) is 26.7 Å². The van der Waals surface area contributed by atoms with Gasteiger partial charge in [-0.3, -0.25) is 4.79 Å². The van der Waals surface area contributed by atoms with Crippen molar-refractivity contribution in [2.75, 3.05) is 6.61 Å². The fourth-order valence-electron chi connectivity index (χ4n) is 0.587. The number of unbranched alkanes of at least 4 members (excludes halogenated alkanes) is 1. The highest BCUT2D eigenvalue weighted by Gasteiger charge is 1.88. The monoisotopic (exact) mass is 200 g/mol. The zero-order valence-corrected chi connectivity index (χ0v) is 8.97. The van der Waals surface area contributed by atoms with Gasteiger partial charge < -0.3 is 4.74 Å². The summed E-state index contributed by atoms with van der Waals surface area (Å²) in [6.45, 7) is 4.06. The molecule has 0 unspecified atom stereocenters. The van der Waals surface area contributed by atoms with Crippen molar-refractivity contribution < 1.29 is 9.53 Å². The van der Waals surface area contributed by atoms with E-state index < -0.39 is 0 Å². The highest BCUT2D eigenvalue weighted by atomic mass is 32.1. The molecule has 0 saturated carbocycles. The Morgan fingerprint density at radius 1 is 1.38 bits per heavy atom. The van der Waals surface area contributed by atoms with E-state index in [0.29, 0.717) is 6.61 Å². The van der Waals surface area contributed by atoms with Gasteiger partial charge in [-0.1, -0.05) is 25.5 Å². The Morgan fingerprint density at radius 3 is 2.31 bits per heavy atom. The standard InChI is InChI=1S/C6H12O2.C4H4S/c1-3-4-5-8-6(2)7;1-2-4-5-3-1/h3-5H2,1-2H3;1-4H. The molecule has 1 rings (SSSR count). The van der Waals surface area contributed by atoms with Gasteiger partial charge in [0, 0.05) is 6.92 Å². The molecule has 13 heavy (non-hydrogen) atoms. The minimum absolute atomic E-state index is 0.182. The Labute approximate surface area is 83.5 Å². The maximum Gasteiger partial charge on any atom is 0.302 e. The SMILES string of the molecule is CCCCOC(C)=O.c1ccsc1. The van der Waals surface area contributed by atoms with Crippen LogP contribution in [0.2, 0.25) is 0 Å². The number of ether oxygens (including phenoxy) is 1. The van der Waals surface area contributed by atoms with Crippen LogP contribution in [0.15, 0.2) is 22.9 Å². The van der Waals surface area contributed by atoms with Crippen LogP contribution in [0, 0.1) is 0 Å². The number of hydrogen-bond donors (Lipinski definition) is 0. The van der Waals surface area contributed by atoms with Gasteiger partial charge in [-0.2, -0.15) is 11.3 Å². The first-order valence-electron chi connectivity index (χ1n) is 4.38. The van der Waals surface area contributed by atoms with E-state index in [1.54, 1.807) is 11.3 Å². The molecule has 1 aromatic heterocycles. The zero-order chi connectivity index (χ0) is 9.94. The Kier molecular flexibility index (Phi) is 8.67. The molecule has 0 aromatic carbocycles. The second-order valence-corrected chi connectivity index (χ2v) is 3.30. The lowest BCUT2D eigenvalue weighted by atomic mass is 10.4. The van der Waals surface area contributed by atoms with Crippen molar-refractivity contribution in [3.8, 4) is 0 Å². The molecule has 0 fully saturated rings. The second-order valence-electron chi connectivity index (χ2n) is 2.49. The van der Waals surface area contributed by atoms with Crippen molar-refractivity contribution in [1.29, 1.82) is 0 Å². The van der Waals surface area contributed by atoms with Gasteiger partial charge in [-0.05, 0) is 17.2 Å². The molecule has 0 aliphatic carbocycles. The molecule has 0 bridgehead atoms. The predicted molar refractivity (Wildman–Crippen MR) is 55.9 cm³/mol. The number of rotatable bonds is 3. The quantitative estimate of drug-likeness (QED) is 0.553. The molecule has 0 aliphatic rings. The number of hydrogen-bond acceptors (Lipinski definition) is 3. The lowest BCUT2D eigenvalue weighted by molar-refractivity contribution is -0.141. The summed E-state index contributed by atoms with van der Waals surface area (Å²) >= 11 is 1.71. The topological polar surface area (TPSA) is 26.3 Å². The van der Waals surface area contributed by atoms with Crippen LogP contribution in [0.4, 0.5) is 0 Å². The summed E-state index contributed by atoms with van der Waals surface area (Å²) in [5, 5.41) is 4.08. The van der Waals surface area contributed by atoms with Gasteiger partial charge in [-0.15, -0.1) is 0 Å². The zero-order valence-electron chi connectivity index (χ0n) is 8.16. The molecule has 2 nitrogen and oxygen atoms in total. The van der Waals surface area contributed by atoms with Crippen molar-refractivity contribution in [2.24, 2.45) is 0 Å². The first-order valence-corrected chi connectivity index (χ1v) is 5.32. The highest BCUT2D eigenvalue weighted by Crippen LogP contribution is 1.91. The lowest BCUT2D eigenvalue weighted by Gasteiger charge is -1.96. The molecule has 0 saturated heterocycles. The van der Waals surface area contributed by atoms with Crippen LogP contribution in [-0.4, -0.2) is 12.6 Å². The average Bonchev–Trinajstić information content (AvgIpc) is 2.61. The summed E-state index contributed by atoms with van der Waals surface area (Å²) < 4.78 is 4.64. The summed E-state index contributed by atoms with van der Waals surface area (Å²) in [4.78, 5) is 10.1. The van der Waals surface area contributed by atoms with Gasteiger partial charge >= 0.3 is 5.97 Å².